The van der Waals surface area contributed by atoms with Crippen LogP contribution in [0, 0.1) is 5.82 Å². The van der Waals surface area contributed by atoms with Crippen molar-refractivity contribution in [2.24, 2.45) is 0 Å². The van der Waals surface area contributed by atoms with Gasteiger partial charge in [-0.15, -0.1) is 0 Å². The van der Waals surface area contributed by atoms with Crippen molar-refractivity contribution in [2.75, 3.05) is 0 Å². The number of aliphatic hydroxyl groups is 1. The Kier molecular flexibility index (Phi) is 3.12. The highest BCUT2D eigenvalue weighted by atomic mass is 19.1. The van der Waals surface area contributed by atoms with Crippen molar-refractivity contribution < 1.29 is 9.50 Å². The Hall–Kier alpha value is -0.930. The summed E-state index contributed by atoms with van der Waals surface area (Å²) < 4.78 is 13.2. The highest BCUT2D eigenvalue weighted by molar-refractivity contribution is 5.22. The minimum atomic E-state index is -0.526. The third-order valence-electron chi connectivity index (χ3n) is 4.52. The van der Waals surface area contributed by atoms with Crippen molar-refractivity contribution in [1.29, 1.82) is 0 Å². The Labute approximate surface area is 107 Å². The van der Waals surface area contributed by atoms with Gasteiger partial charge in [-0.05, 0) is 43.4 Å². The van der Waals surface area contributed by atoms with Crippen LogP contribution < -0.4 is 5.32 Å². The van der Waals surface area contributed by atoms with Gasteiger partial charge in [-0.1, -0.05) is 25.0 Å². The topological polar surface area (TPSA) is 32.3 Å². The first-order valence-corrected chi connectivity index (χ1v) is 6.91. The van der Waals surface area contributed by atoms with Crippen molar-refractivity contribution in [1.82, 2.24) is 5.32 Å². The second-order valence-electron chi connectivity index (χ2n) is 5.71. The van der Waals surface area contributed by atoms with Crippen LogP contribution in [0.15, 0.2) is 24.3 Å². The van der Waals surface area contributed by atoms with Crippen LogP contribution in [0.1, 0.15) is 50.1 Å². The molecule has 1 aromatic rings. The van der Waals surface area contributed by atoms with E-state index in [0.29, 0.717) is 0 Å². The third kappa shape index (κ3) is 2.17. The molecule has 0 aromatic heterocycles. The molecule has 1 aliphatic heterocycles. The summed E-state index contributed by atoms with van der Waals surface area (Å²) in [6, 6.07) is 7.15. The maximum Gasteiger partial charge on any atom is 0.123 e. The summed E-state index contributed by atoms with van der Waals surface area (Å²) in [5.41, 5.74) is 0.473. The molecule has 18 heavy (non-hydrogen) atoms. The molecule has 2 N–H and O–H groups in total. The molecule has 98 valence electrons. The highest BCUT2D eigenvalue weighted by Crippen LogP contribution is 2.39. The van der Waals surface area contributed by atoms with Gasteiger partial charge in [0.2, 0.25) is 0 Å². The van der Waals surface area contributed by atoms with Gasteiger partial charge in [-0.25, -0.2) is 4.39 Å². The molecule has 1 aliphatic carbocycles. The second kappa shape index (κ2) is 4.63. The summed E-state index contributed by atoms with van der Waals surface area (Å²) in [4.78, 5) is 0. The maximum atomic E-state index is 13.2. The maximum absolute atomic E-state index is 13.2. The molecule has 3 rings (SSSR count). The van der Waals surface area contributed by atoms with Crippen molar-refractivity contribution in [3.63, 3.8) is 0 Å². The number of hydrogen-bond donors (Lipinski definition) is 2. The Balaban J connectivity index is 1.72. The smallest absolute Gasteiger partial charge is 0.123 e. The van der Waals surface area contributed by atoms with Gasteiger partial charge in [0.15, 0.2) is 0 Å². The summed E-state index contributed by atoms with van der Waals surface area (Å²) in [5.74, 6) is -0.183. The first-order valence-electron chi connectivity index (χ1n) is 6.91. The fourth-order valence-corrected chi connectivity index (χ4v) is 3.49. The van der Waals surface area contributed by atoms with Gasteiger partial charge < -0.3 is 10.4 Å². The number of nitrogens with one attached hydrogen (secondary N) is 1. The van der Waals surface area contributed by atoms with Gasteiger partial charge in [0.05, 0.1) is 5.60 Å². The minimum Gasteiger partial charge on any atom is -0.388 e. The van der Waals surface area contributed by atoms with Gasteiger partial charge in [0, 0.05) is 12.1 Å². The van der Waals surface area contributed by atoms with Crippen molar-refractivity contribution in [3.05, 3.63) is 35.6 Å². The Morgan fingerprint density at radius 3 is 2.72 bits per heavy atom. The van der Waals surface area contributed by atoms with E-state index < -0.39 is 5.60 Å². The van der Waals surface area contributed by atoms with E-state index in [1.807, 2.05) is 6.07 Å². The SMILES string of the molecule is OC1(C2CCC(c3cccc(F)c3)N2)CCCC1. The van der Waals surface area contributed by atoms with Crippen LogP contribution in [0.25, 0.3) is 0 Å². The van der Waals surface area contributed by atoms with Crippen LogP contribution in [0.5, 0.6) is 0 Å². The summed E-state index contributed by atoms with van der Waals surface area (Å²) in [5, 5.41) is 14.1. The average molecular weight is 249 g/mol. The van der Waals surface area contributed by atoms with E-state index in [4.69, 9.17) is 0 Å². The van der Waals surface area contributed by atoms with Crippen LogP contribution in [0.2, 0.25) is 0 Å². The minimum absolute atomic E-state index is 0.174. The lowest BCUT2D eigenvalue weighted by Gasteiger charge is -2.30. The molecule has 1 saturated heterocycles. The molecule has 1 saturated carbocycles. The lowest BCUT2D eigenvalue weighted by molar-refractivity contribution is 0.0129. The molecule has 2 atom stereocenters. The van der Waals surface area contributed by atoms with Gasteiger partial charge in [-0.2, -0.15) is 0 Å². The van der Waals surface area contributed by atoms with Crippen LogP contribution >= 0.6 is 0 Å². The molecular formula is C15H20FNO. The van der Waals surface area contributed by atoms with E-state index in [-0.39, 0.29) is 17.9 Å². The van der Waals surface area contributed by atoms with Crippen molar-refractivity contribution in [2.45, 2.75) is 56.2 Å². The molecular weight excluding hydrogens is 229 g/mol. The third-order valence-corrected chi connectivity index (χ3v) is 4.52. The first-order chi connectivity index (χ1) is 8.67. The van der Waals surface area contributed by atoms with Crippen LogP contribution in [-0.2, 0) is 0 Å². The Bertz CT molecular complexity index is 428. The molecule has 0 spiro atoms. The monoisotopic (exact) mass is 249 g/mol. The normalized spacial score (nSPS) is 30.8. The summed E-state index contributed by atoms with van der Waals surface area (Å²) in [7, 11) is 0. The van der Waals surface area contributed by atoms with E-state index in [0.717, 1.165) is 44.1 Å². The standard InChI is InChI=1S/C15H20FNO/c16-12-5-3-4-11(10-12)13-6-7-14(17-13)15(18)8-1-2-9-15/h3-5,10,13-14,17-18H,1-2,6-9H2. The number of rotatable bonds is 2. The van der Waals surface area contributed by atoms with Gasteiger partial charge in [0.1, 0.15) is 5.82 Å². The number of benzene rings is 1. The van der Waals surface area contributed by atoms with Gasteiger partial charge >= 0.3 is 0 Å². The van der Waals surface area contributed by atoms with Gasteiger partial charge in [0.25, 0.3) is 0 Å². The molecule has 0 bridgehead atoms. The Morgan fingerprint density at radius 1 is 1.22 bits per heavy atom. The van der Waals surface area contributed by atoms with E-state index in [2.05, 4.69) is 5.32 Å². The average Bonchev–Trinajstić information content (AvgIpc) is 2.98. The predicted molar refractivity (Wildman–Crippen MR) is 68.7 cm³/mol. The zero-order valence-electron chi connectivity index (χ0n) is 10.5. The molecule has 0 amide bonds. The van der Waals surface area contributed by atoms with Crippen LogP contribution in [0.4, 0.5) is 4.39 Å². The lowest BCUT2D eigenvalue weighted by Crippen LogP contribution is -2.46. The van der Waals surface area contributed by atoms with E-state index >= 15 is 0 Å². The summed E-state index contributed by atoms with van der Waals surface area (Å²) in [6.07, 6.45) is 6.02. The van der Waals surface area contributed by atoms with Crippen LogP contribution in [-0.4, -0.2) is 16.7 Å². The molecule has 1 aromatic carbocycles. The molecule has 2 aliphatic rings. The molecule has 3 heteroatoms. The van der Waals surface area contributed by atoms with E-state index in [1.54, 1.807) is 12.1 Å². The van der Waals surface area contributed by atoms with Crippen LogP contribution in [0.3, 0.4) is 0 Å². The zero-order chi connectivity index (χ0) is 12.6. The summed E-state index contributed by atoms with van der Waals surface area (Å²) >= 11 is 0. The highest BCUT2D eigenvalue weighted by Gasteiger charge is 2.42. The summed E-state index contributed by atoms with van der Waals surface area (Å²) in [6.45, 7) is 0. The number of halogens is 1. The quantitative estimate of drug-likeness (QED) is 0.844. The molecule has 2 nitrogen and oxygen atoms in total. The van der Waals surface area contributed by atoms with Gasteiger partial charge in [-0.3, -0.25) is 0 Å². The fraction of sp³-hybridized carbons (Fsp3) is 0.600. The zero-order valence-corrected chi connectivity index (χ0v) is 10.5. The lowest BCUT2D eigenvalue weighted by atomic mass is 9.91. The molecule has 2 fully saturated rings. The first kappa shape index (κ1) is 12.1. The molecule has 0 radical (unpaired) electrons. The van der Waals surface area contributed by atoms with E-state index in [9.17, 15) is 9.50 Å². The van der Waals surface area contributed by atoms with Crippen molar-refractivity contribution in [3.8, 4) is 0 Å². The molecule has 2 unspecified atom stereocenters. The predicted octanol–water partition coefficient (Wildman–Crippen LogP) is 2.92. The second-order valence-corrected chi connectivity index (χ2v) is 5.71. The number of hydrogen-bond acceptors (Lipinski definition) is 2. The van der Waals surface area contributed by atoms with Crippen molar-refractivity contribution >= 4 is 0 Å². The molecule has 1 heterocycles. The Morgan fingerprint density at radius 2 is 2.00 bits per heavy atom. The fourth-order valence-electron chi connectivity index (χ4n) is 3.49. The largest absolute Gasteiger partial charge is 0.388 e. The van der Waals surface area contributed by atoms with E-state index in [1.165, 1.54) is 6.07 Å².